The van der Waals surface area contributed by atoms with E-state index in [1.54, 1.807) is 36.4 Å². The van der Waals surface area contributed by atoms with Crippen LogP contribution in [0.5, 0.6) is 0 Å². The van der Waals surface area contributed by atoms with Crippen molar-refractivity contribution >= 4 is 26.4 Å². The third-order valence-electron chi connectivity index (χ3n) is 4.84. The molecule has 0 radical (unpaired) electrons. The summed E-state index contributed by atoms with van der Waals surface area (Å²) in [6.07, 6.45) is 1.47. The molecule has 3 aromatic rings. The highest BCUT2D eigenvalue weighted by Crippen LogP contribution is 2.30. The smallest absolute Gasteiger partial charge is 0.208 e. The van der Waals surface area contributed by atoms with Gasteiger partial charge in [-0.15, -0.1) is 0 Å². The van der Waals surface area contributed by atoms with Crippen LogP contribution in [0.2, 0.25) is 0 Å². The molecule has 26 heavy (non-hydrogen) atoms. The third kappa shape index (κ3) is 2.95. The Morgan fingerprint density at radius 3 is 2.65 bits per heavy atom. The molecule has 1 saturated heterocycles. The molecule has 2 heterocycles. The molecule has 0 spiro atoms. The first kappa shape index (κ1) is 17.0. The zero-order chi connectivity index (χ0) is 18.1. The van der Waals surface area contributed by atoms with Crippen LogP contribution in [0.15, 0.2) is 70.6 Å². The molecule has 134 valence electrons. The molecule has 0 bridgehead atoms. The van der Waals surface area contributed by atoms with E-state index in [1.165, 1.54) is 6.20 Å². The maximum absolute atomic E-state index is 12.9. The Morgan fingerprint density at radius 1 is 1.08 bits per heavy atom. The molecule has 6 heteroatoms. The average Bonchev–Trinajstić information content (AvgIpc) is 2.68. The van der Waals surface area contributed by atoms with E-state index in [0.29, 0.717) is 6.04 Å². The number of anilines is 1. The molecule has 1 aliphatic heterocycles. The van der Waals surface area contributed by atoms with Crippen molar-refractivity contribution in [3.05, 3.63) is 60.8 Å². The van der Waals surface area contributed by atoms with Gasteiger partial charge >= 0.3 is 0 Å². The molecule has 2 aromatic carbocycles. The van der Waals surface area contributed by atoms with Crippen molar-refractivity contribution in [2.24, 2.45) is 0 Å². The van der Waals surface area contributed by atoms with Gasteiger partial charge in [0.05, 0.1) is 21.0 Å². The lowest BCUT2D eigenvalue weighted by Gasteiger charge is -2.36. The maximum atomic E-state index is 12.9. The fraction of sp³-hybridized carbons (Fsp3) is 0.250. The van der Waals surface area contributed by atoms with Crippen molar-refractivity contribution in [1.29, 1.82) is 0 Å². The van der Waals surface area contributed by atoms with Crippen LogP contribution in [0, 0.1) is 0 Å². The monoisotopic (exact) mass is 367 g/mol. The van der Waals surface area contributed by atoms with Crippen LogP contribution in [-0.4, -0.2) is 39.1 Å². The van der Waals surface area contributed by atoms with Gasteiger partial charge in [-0.25, -0.2) is 8.42 Å². The number of aromatic nitrogens is 1. The first-order valence-electron chi connectivity index (χ1n) is 8.73. The van der Waals surface area contributed by atoms with E-state index in [9.17, 15) is 8.42 Å². The van der Waals surface area contributed by atoms with E-state index in [-0.39, 0.29) is 9.79 Å². The van der Waals surface area contributed by atoms with E-state index in [0.717, 1.165) is 36.2 Å². The van der Waals surface area contributed by atoms with Crippen LogP contribution in [0.4, 0.5) is 5.69 Å². The van der Waals surface area contributed by atoms with Gasteiger partial charge in [-0.1, -0.05) is 30.3 Å². The first-order valence-corrected chi connectivity index (χ1v) is 10.2. The van der Waals surface area contributed by atoms with Crippen LogP contribution in [0.3, 0.4) is 0 Å². The summed E-state index contributed by atoms with van der Waals surface area (Å²) in [5.41, 5.74) is 1.90. The molecular formula is C20H21N3O2S. The highest BCUT2D eigenvalue weighted by atomic mass is 32.2. The number of sulfone groups is 1. The molecule has 0 saturated carbocycles. The largest absolute Gasteiger partial charge is 0.365 e. The predicted octanol–water partition coefficient (Wildman–Crippen LogP) is 2.87. The normalized spacial score (nSPS) is 18.2. The number of nitrogens with zero attached hydrogens (tertiary/aromatic N) is 2. The fourth-order valence-electron chi connectivity index (χ4n) is 3.44. The lowest BCUT2D eigenvalue weighted by molar-refractivity contribution is 0.501. The molecule has 0 unspecified atom stereocenters. The van der Waals surface area contributed by atoms with Gasteiger partial charge in [0, 0.05) is 37.3 Å². The Labute approximate surface area is 153 Å². The Hall–Kier alpha value is -2.44. The number of hydrogen-bond donors (Lipinski definition) is 1. The summed E-state index contributed by atoms with van der Waals surface area (Å²) in [6.45, 7) is 4.95. The van der Waals surface area contributed by atoms with Gasteiger partial charge < -0.3 is 10.2 Å². The lowest BCUT2D eigenvalue weighted by Crippen LogP contribution is -2.50. The molecule has 1 atom stereocenters. The molecule has 1 fully saturated rings. The van der Waals surface area contributed by atoms with E-state index in [4.69, 9.17) is 0 Å². The molecule has 1 aliphatic rings. The van der Waals surface area contributed by atoms with Gasteiger partial charge in [0.2, 0.25) is 9.84 Å². The van der Waals surface area contributed by atoms with E-state index >= 15 is 0 Å². The average molecular weight is 367 g/mol. The van der Waals surface area contributed by atoms with E-state index < -0.39 is 9.84 Å². The van der Waals surface area contributed by atoms with Crippen LogP contribution < -0.4 is 10.2 Å². The Morgan fingerprint density at radius 2 is 1.88 bits per heavy atom. The highest BCUT2D eigenvalue weighted by molar-refractivity contribution is 7.91. The summed E-state index contributed by atoms with van der Waals surface area (Å²) < 4.78 is 25.7. The van der Waals surface area contributed by atoms with Gasteiger partial charge in [-0.05, 0) is 31.2 Å². The third-order valence-corrected chi connectivity index (χ3v) is 6.58. The second kappa shape index (κ2) is 6.70. The summed E-state index contributed by atoms with van der Waals surface area (Å²) in [7, 11) is -3.57. The Balaban J connectivity index is 1.80. The van der Waals surface area contributed by atoms with Crippen LogP contribution in [0.1, 0.15) is 6.92 Å². The number of fused-ring (bicyclic) bond motifs is 1. The Kier molecular flexibility index (Phi) is 4.38. The summed E-state index contributed by atoms with van der Waals surface area (Å²) in [6, 6.07) is 16.5. The summed E-state index contributed by atoms with van der Waals surface area (Å²) in [5.74, 6) is 0. The van der Waals surface area contributed by atoms with Gasteiger partial charge in [-0.3, -0.25) is 4.98 Å². The summed E-state index contributed by atoms with van der Waals surface area (Å²) >= 11 is 0. The zero-order valence-electron chi connectivity index (χ0n) is 14.6. The van der Waals surface area contributed by atoms with Crippen molar-refractivity contribution in [3.63, 3.8) is 0 Å². The van der Waals surface area contributed by atoms with Gasteiger partial charge in [0.25, 0.3) is 0 Å². The quantitative estimate of drug-likeness (QED) is 0.771. The summed E-state index contributed by atoms with van der Waals surface area (Å²) in [5, 5.41) is 4.23. The SMILES string of the molecule is C[C@H]1CNCCN1c1cccc2cc(S(=O)(=O)c3ccccc3)cnc12. The number of benzene rings is 2. The van der Waals surface area contributed by atoms with Crippen molar-refractivity contribution in [3.8, 4) is 0 Å². The molecule has 1 N–H and O–H groups in total. The molecule has 1 aromatic heterocycles. The van der Waals surface area contributed by atoms with Gasteiger partial charge in [-0.2, -0.15) is 0 Å². The molecule has 0 amide bonds. The number of piperazine rings is 1. The van der Waals surface area contributed by atoms with E-state index in [2.05, 4.69) is 28.2 Å². The van der Waals surface area contributed by atoms with Gasteiger partial charge in [0.1, 0.15) is 0 Å². The minimum atomic E-state index is -3.57. The predicted molar refractivity (Wildman–Crippen MR) is 103 cm³/mol. The van der Waals surface area contributed by atoms with E-state index in [1.807, 2.05) is 12.1 Å². The Bertz CT molecular complexity index is 1040. The zero-order valence-corrected chi connectivity index (χ0v) is 15.4. The minimum Gasteiger partial charge on any atom is -0.365 e. The minimum absolute atomic E-state index is 0.224. The van der Waals surface area contributed by atoms with Crippen molar-refractivity contribution < 1.29 is 8.42 Å². The number of rotatable bonds is 3. The highest BCUT2D eigenvalue weighted by Gasteiger charge is 2.22. The summed E-state index contributed by atoms with van der Waals surface area (Å²) in [4.78, 5) is 7.38. The van der Waals surface area contributed by atoms with Crippen LogP contribution >= 0.6 is 0 Å². The standard InChI is InChI=1S/C20H21N3O2S/c1-15-13-21-10-11-23(15)19-9-5-6-16-12-18(14-22-20(16)19)26(24,25)17-7-3-2-4-8-17/h2-9,12,14-15,21H,10-11,13H2,1H3/t15-/m0/s1. The number of para-hydroxylation sites is 1. The second-order valence-corrected chi connectivity index (χ2v) is 8.53. The molecule has 4 rings (SSSR count). The van der Waals surface area contributed by atoms with Crippen molar-refractivity contribution in [2.45, 2.75) is 22.8 Å². The van der Waals surface area contributed by atoms with Crippen LogP contribution in [0.25, 0.3) is 10.9 Å². The fourth-order valence-corrected chi connectivity index (χ4v) is 4.70. The maximum Gasteiger partial charge on any atom is 0.208 e. The number of hydrogen-bond acceptors (Lipinski definition) is 5. The molecule has 0 aliphatic carbocycles. The second-order valence-electron chi connectivity index (χ2n) is 6.58. The number of pyridine rings is 1. The molecule has 5 nitrogen and oxygen atoms in total. The van der Waals surface area contributed by atoms with Crippen LogP contribution in [-0.2, 0) is 9.84 Å². The van der Waals surface area contributed by atoms with Crippen molar-refractivity contribution in [1.82, 2.24) is 10.3 Å². The van der Waals surface area contributed by atoms with Crippen molar-refractivity contribution in [2.75, 3.05) is 24.5 Å². The van der Waals surface area contributed by atoms with Gasteiger partial charge in [0.15, 0.2) is 0 Å². The topological polar surface area (TPSA) is 62.3 Å². The first-order chi connectivity index (χ1) is 12.6. The number of nitrogens with one attached hydrogen (secondary N) is 1. The molecular weight excluding hydrogens is 346 g/mol. The lowest BCUT2D eigenvalue weighted by atomic mass is 10.1.